The Balaban J connectivity index is 2.95. The molecule has 1 aromatic carbocycles. The molecule has 0 bridgehead atoms. The zero-order valence-electron chi connectivity index (χ0n) is 8.99. The molecule has 1 aromatic rings. The van der Waals surface area contributed by atoms with E-state index >= 15 is 0 Å². The van der Waals surface area contributed by atoms with Crippen molar-refractivity contribution < 1.29 is 23.4 Å². The van der Waals surface area contributed by atoms with Crippen molar-refractivity contribution in [3.8, 4) is 0 Å². The van der Waals surface area contributed by atoms with Gasteiger partial charge in [-0.2, -0.15) is 8.78 Å². The van der Waals surface area contributed by atoms with E-state index in [1.54, 1.807) is 0 Å². The summed E-state index contributed by atoms with van der Waals surface area (Å²) in [5, 5.41) is 9.66. The Labute approximate surface area is 102 Å². The Hall–Kier alpha value is -1.20. The van der Waals surface area contributed by atoms with Crippen LogP contribution in [0.1, 0.15) is 18.6 Å². The number of benzene rings is 1. The van der Waals surface area contributed by atoms with Gasteiger partial charge >= 0.3 is 11.9 Å². The summed E-state index contributed by atoms with van der Waals surface area (Å²) in [6.45, 7) is 1.22. The highest BCUT2D eigenvalue weighted by molar-refractivity contribution is 6.30. The van der Waals surface area contributed by atoms with Crippen molar-refractivity contribution >= 4 is 17.6 Å². The number of halogens is 3. The first kappa shape index (κ1) is 13.9. The van der Waals surface area contributed by atoms with Gasteiger partial charge in [0.05, 0.1) is 6.61 Å². The van der Waals surface area contributed by atoms with Crippen LogP contribution in [0.4, 0.5) is 8.78 Å². The van der Waals surface area contributed by atoms with Crippen LogP contribution in [0, 0.1) is 0 Å². The number of hydrogen-bond acceptors (Lipinski definition) is 3. The van der Waals surface area contributed by atoms with Crippen molar-refractivity contribution in [2.75, 3.05) is 6.61 Å². The van der Waals surface area contributed by atoms with Crippen molar-refractivity contribution in [2.24, 2.45) is 0 Å². The van der Waals surface area contributed by atoms with Gasteiger partial charge in [0.25, 0.3) is 0 Å². The molecule has 6 heteroatoms. The summed E-state index contributed by atoms with van der Waals surface area (Å²) in [7, 11) is 0. The molecule has 1 unspecified atom stereocenters. The highest BCUT2D eigenvalue weighted by Crippen LogP contribution is 2.33. The van der Waals surface area contributed by atoms with Gasteiger partial charge in [0.1, 0.15) is 0 Å². The second kappa shape index (κ2) is 5.42. The number of carbonyl (C=O) groups is 1. The van der Waals surface area contributed by atoms with E-state index in [2.05, 4.69) is 4.74 Å². The third-order valence-corrected chi connectivity index (χ3v) is 2.29. The first-order chi connectivity index (χ1) is 7.89. The molecule has 17 heavy (non-hydrogen) atoms. The predicted molar refractivity (Wildman–Crippen MR) is 58.0 cm³/mol. The van der Waals surface area contributed by atoms with Crippen LogP contribution in [-0.4, -0.2) is 23.6 Å². The van der Waals surface area contributed by atoms with E-state index in [-0.39, 0.29) is 17.2 Å². The van der Waals surface area contributed by atoms with Crippen molar-refractivity contribution in [3.05, 3.63) is 34.9 Å². The Morgan fingerprint density at radius 2 is 2.24 bits per heavy atom. The lowest BCUT2D eigenvalue weighted by molar-refractivity contribution is -0.189. The fourth-order valence-corrected chi connectivity index (χ4v) is 1.42. The molecule has 0 spiro atoms. The molecule has 94 valence electrons. The molecule has 0 radical (unpaired) electrons. The van der Waals surface area contributed by atoms with Crippen LogP contribution in [0.3, 0.4) is 0 Å². The van der Waals surface area contributed by atoms with Crippen LogP contribution < -0.4 is 0 Å². The monoisotopic (exact) mass is 264 g/mol. The summed E-state index contributed by atoms with van der Waals surface area (Å²) in [6, 6.07) is 5.30. The molecule has 0 heterocycles. The third kappa shape index (κ3) is 3.14. The molecule has 0 fully saturated rings. The van der Waals surface area contributed by atoms with E-state index in [1.165, 1.54) is 31.2 Å². The van der Waals surface area contributed by atoms with Gasteiger partial charge in [-0.15, -0.1) is 0 Å². The lowest BCUT2D eigenvalue weighted by Gasteiger charge is -2.20. The fourth-order valence-electron chi connectivity index (χ4n) is 1.22. The Kier molecular flexibility index (Phi) is 4.42. The van der Waals surface area contributed by atoms with Crippen LogP contribution in [-0.2, 0) is 9.53 Å². The number of aliphatic hydroxyl groups is 1. The summed E-state index contributed by atoms with van der Waals surface area (Å²) in [5.41, 5.74) is -0.143. The molecule has 3 nitrogen and oxygen atoms in total. The standard InChI is InChI=1S/C11H11ClF2O3/c1-2-17-10(16)11(13,14)9(15)7-4-3-5-8(12)6-7/h3-6,9,15H,2H2,1H3. The molecule has 0 saturated carbocycles. The van der Waals surface area contributed by atoms with Crippen molar-refractivity contribution in [3.63, 3.8) is 0 Å². The second-order valence-electron chi connectivity index (χ2n) is 3.30. The first-order valence-electron chi connectivity index (χ1n) is 4.88. The molecule has 0 aromatic heterocycles. The maximum absolute atomic E-state index is 13.4. The largest absolute Gasteiger partial charge is 0.461 e. The average Bonchev–Trinajstić information content (AvgIpc) is 2.28. The maximum Gasteiger partial charge on any atom is 0.380 e. The van der Waals surface area contributed by atoms with Gasteiger partial charge in [-0.1, -0.05) is 23.7 Å². The fraction of sp³-hybridized carbons (Fsp3) is 0.364. The minimum Gasteiger partial charge on any atom is -0.461 e. The number of esters is 1. The molecule has 1 atom stereocenters. The van der Waals surface area contributed by atoms with Gasteiger partial charge in [0.15, 0.2) is 6.10 Å². The van der Waals surface area contributed by atoms with Crippen molar-refractivity contribution in [2.45, 2.75) is 19.0 Å². The van der Waals surface area contributed by atoms with Crippen LogP contribution in [0.5, 0.6) is 0 Å². The SMILES string of the molecule is CCOC(=O)C(F)(F)C(O)c1cccc(Cl)c1. The van der Waals surface area contributed by atoms with Crippen LogP contribution in [0.2, 0.25) is 5.02 Å². The zero-order chi connectivity index (χ0) is 13.1. The van der Waals surface area contributed by atoms with E-state index in [0.29, 0.717) is 0 Å². The predicted octanol–water partition coefficient (Wildman–Crippen LogP) is 2.57. The lowest BCUT2D eigenvalue weighted by atomic mass is 10.0. The molecule has 0 aliphatic rings. The number of aliphatic hydroxyl groups excluding tert-OH is 1. The Morgan fingerprint density at radius 3 is 2.76 bits per heavy atom. The Morgan fingerprint density at radius 1 is 1.59 bits per heavy atom. The van der Waals surface area contributed by atoms with E-state index < -0.39 is 18.0 Å². The van der Waals surface area contributed by atoms with Crippen LogP contribution in [0.15, 0.2) is 24.3 Å². The molecule has 0 saturated heterocycles. The average molecular weight is 265 g/mol. The lowest BCUT2D eigenvalue weighted by Crippen LogP contribution is -2.37. The summed E-state index contributed by atoms with van der Waals surface area (Å²) >= 11 is 5.61. The van der Waals surface area contributed by atoms with E-state index in [4.69, 9.17) is 11.6 Å². The summed E-state index contributed by atoms with van der Waals surface area (Å²) in [6.07, 6.45) is -2.28. The maximum atomic E-state index is 13.4. The van der Waals surface area contributed by atoms with E-state index in [0.717, 1.165) is 0 Å². The minimum atomic E-state index is -4.00. The number of ether oxygens (including phenoxy) is 1. The molecule has 1 N–H and O–H groups in total. The quantitative estimate of drug-likeness (QED) is 0.850. The molecular formula is C11H11ClF2O3. The van der Waals surface area contributed by atoms with Crippen LogP contribution in [0.25, 0.3) is 0 Å². The minimum absolute atomic E-state index is 0.143. The number of carbonyl (C=O) groups excluding carboxylic acids is 1. The van der Waals surface area contributed by atoms with E-state index in [1.807, 2.05) is 0 Å². The van der Waals surface area contributed by atoms with Gasteiger partial charge in [-0.25, -0.2) is 4.79 Å². The molecule has 1 rings (SSSR count). The van der Waals surface area contributed by atoms with Crippen LogP contribution >= 0.6 is 11.6 Å². The number of rotatable bonds is 4. The smallest absolute Gasteiger partial charge is 0.380 e. The van der Waals surface area contributed by atoms with Gasteiger partial charge in [-0.05, 0) is 24.6 Å². The molecular weight excluding hydrogens is 254 g/mol. The van der Waals surface area contributed by atoms with Gasteiger partial charge in [0, 0.05) is 5.02 Å². The summed E-state index contributed by atoms with van der Waals surface area (Å²) in [4.78, 5) is 11.0. The highest BCUT2D eigenvalue weighted by Gasteiger charge is 2.49. The molecule has 0 aliphatic carbocycles. The molecule has 0 amide bonds. The first-order valence-corrected chi connectivity index (χ1v) is 5.26. The number of alkyl halides is 2. The van der Waals surface area contributed by atoms with Gasteiger partial charge in [0.2, 0.25) is 0 Å². The van der Waals surface area contributed by atoms with Gasteiger partial charge in [-0.3, -0.25) is 0 Å². The van der Waals surface area contributed by atoms with Crippen molar-refractivity contribution in [1.82, 2.24) is 0 Å². The third-order valence-electron chi connectivity index (χ3n) is 2.06. The number of hydrogen-bond donors (Lipinski definition) is 1. The van der Waals surface area contributed by atoms with Crippen molar-refractivity contribution in [1.29, 1.82) is 0 Å². The normalized spacial score (nSPS) is 13.2. The topological polar surface area (TPSA) is 46.5 Å². The molecule has 0 aliphatic heterocycles. The summed E-state index contributed by atoms with van der Waals surface area (Å²) in [5.74, 6) is -5.76. The van der Waals surface area contributed by atoms with E-state index in [9.17, 15) is 18.7 Å². The highest BCUT2D eigenvalue weighted by atomic mass is 35.5. The zero-order valence-corrected chi connectivity index (χ0v) is 9.75. The Bertz CT molecular complexity index is 409. The second-order valence-corrected chi connectivity index (χ2v) is 3.74. The van der Waals surface area contributed by atoms with Gasteiger partial charge < -0.3 is 9.84 Å². The summed E-state index contributed by atoms with van der Waals surface area (Å²) < 4.78 is 31.1.